The van der Waals surface area contributed by atoms with Crippen molar-refractivity contribution in [3.05, 3.63) is 12.2 Å². The Morgan fingerprint density at radius 2 is 1.11 bits per heavy atom. The Hall–Kier alpha value is -2.06. The Morgan fingerprint density at radius 3 is 1.28 bits per heavy atom. The highest BCUT2D eigenvalue weighted by atomic mass is 16.6. The number of epoxide rings is 2. The smallest absolute Gasteiger partial charge is 0.346 e. The summed E-state index contributed by atoms with van der Waals surface area (Å²) in [5, 5.41) is 17.4. The minimum atomic E-state index is -1.92. The molecule has 2 N–H and O–H groups in total. The van der Waals surface area contributed by atoms with Gasteiger partial charge in [0, 0.05) is 0 Å². The number of carbonyl (C=O) groups excluding carboxylic acids is 2. The lowest BCUT2D eigenvalue weighted by Gasteiger charge is -2.02. The molecule has 2 rings (SSSR count). The number of aliphatic carboxylic acids is 2. The van der Waals surface area contributed by atoms with Gasteiger partial charge in [-0.2, -0.15) is 0 Å². The molecule has 2 atom stereocenters. The van der Waals surface area contributed by atoms with Gasteiger partial charge in [-0.1, -0.05) is 0 Å². The van der Waals surface area contributed by atoms with Gasteiger partial charge < -0.3 is 19.7 Å². The van der Waals surface area contributed by atoms with Crippen LogP contribution in [0.3, 0.4) is 0 Å². The number of ether oxygens (including phenoxy) is 2. The van der Waals surface area contributed by atoms with E-state index in [0.29, 0.717) is 12.2 Å². The molecular weight excluding hydrogens is 248 g/mol. The Morgan fingerprint density at radius 1 is 0.833 bits per heavy atom. The van der Waals surface area contributed by atoms with Gasteiger partial charge in [0.25, 0.3) is 11.2 Å². The molecule has 2 saturated heterocycles. The van der Waals surface area contributed by atoms with Gasteiger partial charge in [-0.15, -0.1) is 0 Å². The quantitative estimate of drug-likeness (QED) is 0.329. The molecule has 18 heavy (non-hydrogen) atoms. The van der Waals surface area contributed by atoms with Gasteiger partial charge in [-0.25, -0.2) is 9.59 Å². The lowest BCUT2D eigenvalue weighted by molar-refractivity contribution is -0.148. The summed E-state index contributed by atoms with van der Waals surface area (Å²) in [6.07, 6.45) is 1.41. The molecule has 2 unspecified atom stereocenters. The van der Waals surface area contributed by atoms with Crippen molar-refractivity contribution in [2.24, 2.45) is 0 Å². The minimum absolute atomic E-state index is 0.264. The van der Waals surface area contributed by atoms with Crippen LogP contribution in [0, 0.1) is 0 Å². The van der Waals surface area contributed by atoms with Crippen molar-refractivity contribution in [3.63, 3.8) is 0 Å². The lowest BCUT2D eigenvalue weighted by atomic mass is 10.0. The highest BCUT2D eigenvalue weighted by Gasteiger charge is 2.60. The van der Waals surface area contributed by atoms with Gasteiger partial charge in [0.2, 0.25) is 11.6 Å². The predicted octanol–water partition coefficient (Wildman–Crippen LogP) is -1.61. The highest BCUT2D eigenvalue weighted by molar-refractivity contribution is 6.19. The molecule has 0 saturated carbocycles. The number of carboxylic acids is 2. The van der Waals surface area contributed by atoms with E-state index in [0.717, 1.165) is 0 Å². The van der Waals surface area contributed by atoms with E-state index in [1.54, 1.807) is 0 Å². The van der Waals surface area contributed by atoms with Crippen LogP contribution in [0.25, 0.3) is 0 Å². The molecule has 0 aromatic rings. The van der Waals surface area contributed by atoms with Crippen molar-refractivity contribution in [1.29, 1.82) is 0 Å². The number of hydrogen-bond acceptors (Lipinski definition) is 6. The first-order valence-corrected chi connectivity index (χ1v) is 4.87. The van der Waals surface area contributed by atoms with Crippen LogP contribution < -0.4 is 0 Å². The molecular formula is C10H8O8. The van der Waals surface area contributed by atoms with Crippen LogP contribution in [0.1, 0.15) is 0 Å². The van der Waals surface area contributed by atoms with Crippen LogP contribution >= 0.6 is 0 Å². The first-order chi connectivity index (χ1) is 8.35. The third-order valence-corrected chi connectivity index (χ3v) is 2.74. The third kappa shape index (κ3) is 1.71. The van der Waals surface area contributed by atoms with E-state index in [1.165, 1.54) is 0 Å². The SMILES string of the molecule is O=C(O)C1(C(=O)/C=C/C(=O)C2(C(=O)O)CO2)CO1. The minimum Gasteiger partial charge on any atom is -0.479 e. The van der Waals surface area contributed by atoms with Crippen molar-refractivity contribution >= 4 is 23.5 Å². The number of rotatable bonds is 6. The second kappa shape index (κ2) is 3.72. The molecule has 96 valence electrons. The molecule has 8 nitrogen and oxygen atoms in total. The Bertz CT molecular complexity index is 436. The van der Waals surface area contributed by atoms with E-state index < -0.39 is 34.7 Å². The van der Waals surface area contributed by atoms with Crippen LogP contribution in [0.2, 0.25) is 0 Å². The van der Waals surface area contributed by atoms with Crippen molar-refractivity contribution in [2.75, 3.05) is 13.2 Å². The largest absolute Gasteiger partial charge is 0.479 e. The zero-order chi connectivity index (χ0) is 13.6. The van der Waals surface area contributed by atoms with Gasteiger partial charge >= 0.3 is 11.9 Å². The Kier molecular flexibility index (Phi) is 2.56. The van der Waals surface area contributed by atoms with E-state index in [-0.39, 0.29) is 13.2 Å². The van der Waals surface area contributed by atoms with Crippen LogP contribution in [-0.4, -0.2) is 58.1 Å². The average molecular weight is 256 g/mol. The van der Waals surface area contributed by atoms with Gasteiger partial charge in [0.15, 0.2) is 0 Å². The zero-order valence-corrected chi connectivity index (χ0v) is 8.91. The second-order valence-corrected chi connectivity index (χ2v) is 3.90. The van der Waals surface area contributed by atoms with E-state index in [4.69, 9.17) is 10.2 Å². The number of carboxylic acid groups (broad SMARTS) is 2. The molecule has 2 aliphatic rings. The Balaban J connectivity index is 2.05. The molecule has 2 heterocycles. The molecule has 0 bridgehead atoms. The molecule has 0 amide bonds. The fraction of sp³-hybridized carbons (Fsp3) is 0.400. The topological polar surface area (TPSA) is 134 Å². The summed E-state index contributed by atoms with van der Waals surface area (Å²) in [7, 11) is 0. The Labute approximate surface area is 99.8 Å². The van der Waals surface area contributed by atoms with Gasteiger partial charge in [0.1, 0.15) is 0 Å². The van der Waals surface area contributed by atoms with Crippen LogP contribution in [0.4, 0.5) is 0 Å². The third-order valence-electron chi connectivity index (χ3n) is 2.74. The number of hydrogen-bond donors (Lipinski definition) is 2. The van der Waals surface area contributed by atoms with Crippen LogP contribution in [0.15, 0.2) is 12.2 Å². The molecule has 0 spiro atoms. The molecule has 8 heteroatoms. The summed E-state index contributed by atoms with van der Waals surface area (Å²) >= 11 is 0. The first kappa shape index (κ1) is 12.4. The maximum absolute atomic E-state index is 11.5. The van der Waals surface area contributed by atoms with Gasteiger partial charge in [-0.05, 0) is 12.2 Å². The fourth-order valence-corrected chi connectivity index (χ4v) is 1.31. The molecule has 2 fully saturated rings. The maximum Gasteiger partial charge on any atom is 0.346 e. The molecule has 0 aromatic heterocycles. The lowest BCUT2D eigenvalue weighted by Crippen LogP contribution is -2.35. The summed E-state index contributed by atoms with van der Waals surface area (Å²) in [4.78, 5) is 44.3. The average Bonchev–Trinajstić information content (AvgIpc) is 3.17. The van der Waals surface area contributed by atoms with Crippen LogP contribution in [-0.2, 0) is 28.7 Å². The zero-order valence-electron chi connectivity index (χ0n) is 8.91. The summed E-state index contributed by atoms with van der Waals surface area (Å²) in [5.41, 5.74) is -3.84. The first-order valence-electron chi connectivity index (χ1n) is 4.87. The van der Waals surface area contributed by atoms with Crippen molar-refractivity contribution in [2.45, 2.75) is 11.2 Å². The summed E-state index contributed by atoms with van der Waals surface area (Å²) in [6.45, 7) is -0.527. The normalized spacial score (nSPS) is 33.1. The van der Waals surface area contributed by atoms with E-state index in [1.807, 2.05) is 0 Å². The number of carbonyl (C=O) groups is 4. The van der Waals surface area contributed by atoms with E-state index in [9.17, 15) is 19.2 Å². The van der Waals surface area contributed by atoms with Crippen molar-refractivity contribution < 1.29 is 38.9 Å². The van der Waals surface area contributed by atoms with Crippen molar-refractivity contribution in [3.8, 4) is 0 Å². The molecule has 0 aromatic carbocycles. The number of ketones is 2. The second-order valence-electron chi connectivity index (χ2n) is 3.90. The summed E-state index contributed by atoms with van der Waals surface area (Å²) < 4.78 is 9.08. The van der Waals surface area contributed by atoms with Gasteiger partial charge in [0.05, 0.1) is 13.2 Å². The van der Waals surface area contributed by atoms with Crippen LogP contribution in [0.5, 0.6) is 0 Å². The summed E-state index contributed by atoms with van der Waals surface area (Å²) in [6, 6.07) is 0. The molecule has 0 aliphatic carbocycles. The standard InChI is InChI=1S/C10H8O8/c11-5(9(3-17-9)7(13)14)1-2-6(12)10(4-18-10)8(15)16/h1-2H,3-4H2,(H,13,14)(H,15,16)/b2-1+. The highest BCUT2D eigenvalue weighted by Crippen LogP contribution is 2.31. The van der Waals surface area contributed by atoms with Gasteiger partial charge in [-0.3, -0.25) is 9.59 Å². The van der Waals surface area contributed by atoms with Crippen molar-refractivity contribution in [1.82, 2.24) is 0 Å². The molecule has 0 radical (unpaired) electrons. The predicted molar refractivity (Wildman–Crippen MR) is 51.8 cm³/mol. The summed E-state index contributed by atoms with van der Waals surface area (Å²) in [5.74, 6) is -4.71. The van der Waals surface area contributed by atoms with E-state index >= 15 is 0 Å². The van der Waals surface area contributed by atoms with E-state index in [2.05, 4.69) is 9.47 Å². The maximum atomic E-state index is 11.5. The monoisotopic (exact) mass is 256 g/mol. The fourth-order valence-electron chi connectivity index (χ4n) is 1.31. The molecule has 2 aliphatic heterocycles.